The second-order valence-corrected chi connectivity index (χ2v) is 5.79. The van der Waals surface area contributed by atoms with E-state index in [0.29, 0.717) is 12.2 Å². The van der Waals surface area contributed by atoms with Crippen molar-refractivity contribution < 1.29 is 19.1 Å². The monoisotopic (exact) mass is 309 g/mol. The molecule has 1 amide bonds. The molecule has 0 aromatic carbocycles. The van der Waals surface area contributed by atoms with Gasteiger partial charge < -0.3 is 20.5 Å². The Morgan fingerprint density at radius 1 is 1.36 bits per heavy atom. The number of rotatable bonds is 5. The number of pyridine rings is 1. The molecule has 1 atom stereocenters. The molecule has 7 heteroatoms. The van der Waals surface area contributed by atoms with Crippen LogP contribution in [0.2, 0.25) is 0 Å². The Labute approximate surface area is 130 Å². The second-order valence-electron chi connectivity index (χ2n) is 5.79. The fraction of sp³-hybridized carbons (Fsp3) is 0.533. The average molecular weight is 309 g/mol. The number of nitrogens with zero attached hydrogens (tertiary/aromatic N) is 1. The molecule has 0 saturated carbocycles. The van der Waals surface area contributed by atoms with Crippen LogP contribution in [0, 0.1) is 0 Å². The summed E-state index contributed by atoms with van der Waals surface area (Å²) in [4.78, 5) is 27.8. The van der Waals surface area contributed by atoms with Crippen molar-refractivity contribution in [3.05, 3.63) is 29.6 Å². The van der Waals surface area contributed by atoms with Gasteiger partial charge in [0, 0.05) is 24.9 Å². The van der Waals surface area contributed by atoms with Crippen molar-refractivity contribution in [1.29, 1.82) is 0 Å². The zero-order valence-electron chi connectivity index (χ0n) is 13.4. The van der Waals surface area contributed by atoms with Crippen molar-refractivity contribution in [2.24, 2.45) is 5.73 Å². The number of hydrogen-bond donors (Lipinski definition) is 2. The number of alkyl carbamates (subject to hydrolysis) is 1. The first-order valence-electron chi connectivity index (χ1n) is 6.96. The molecule has 122 valence electrons. The largest absolute Gasteiger partial charge is 0.467 e. The summed E-state index contributed by atoms with van der Waals surface area (Å²) in [5, 5.41) is 2.50. The molecule has 22 heavy (non-hydrogen) atoms. The number of nitrogens with two attached hydrogens (primary N) is 1. The number of methoxy groups -OCH3 is 1. The molecule has 0 aliphatic carbocycles. The van der Waals surface area contributed by atoms with E-state index in [-0.39, 0.29) is 6.42 Å². The van der Waals surface area contributed by atoms with Crippen LogP contribution in [0.25, 0.3) is 0 Å². The smallest absolute Gasteiger partial charge is 0.408 e. The summed E-state index contributed by atoms with van der Waals surface area (Å²) in [5.41, 5.74) is 6.39. The SMILES string of the molecule is COC(=O)[C@H](Cc1ccc(CN)cn1)NC(=O)OC(C)(C)C. The molecule has 0 saturated heterocycles. The van der Waals surface area contributed by atoms with E-state index < -0.39 is 23.7 Å². The van der Waals surface area contributed by atoms with E-state index in [4.69, 9.17) is 15.2 Å². The van der Waals surface area contributed by atoms with Gasteiger partial charge in [0.15, 0.2) is 0 Å². The molecule has 0 aliphatic rings. The summed E-state index contributed by atoms with van der Waals surface area (Å²) in [6, 6.07) is 2.72. The fourth-order valence-corrected chi connectivity index (χ4v) is 1.69. The molecule has 1 heterocycles. The van der Waals surface area contributed by atoms with E-state index >= 15 is 0 Å². The van der Waals surface area contributed by atoms with Crippen molar-refractivity contribution >= 4 is 12.1 Å². The highest BCUT2D eigenvalue weighted by molar-refractivity contribution is 5.81. The van der Waals surface area contributed by atoms with Gasteiger partial charge in [-0.2, -0.15) is 0 Å². The van der Waals surface area contributed by atoms with Crippen molar-refractivity contribution in [3.8, 4) is 0 Å². The van der Waals surface area contributed by atoms with Crippen LogP contribution in [0.4, 0.5) is 4.79 Å². The van der Waals surface area contributed by atoms with E-state index in [0.717, 1.165) is 5.56 Å². The first kappa shape index (κ1) is 17.9. The maximum Gasteiger partial charge on any atom is 0.408 e. The fourth-order valence-electron chi connectivity index (χ4n) is 1.69. The van der Waals surface area contributed by atoms with Crippen molar-refractivity contribution in [1.82, 2.24) is 10.3 Å². The molecule has 0 radical (unpaired) electrons. The van der Waals surface area contributed by atoms with Crippen molar-refractivity contribution in [3.63, 3.8) is 0 Å². The minimum absolute atomic E-state index is 0.205. The van der Waals surface area contributed by atoms with Gasteiger partial charge in [-0.05, 0) is 32.4 Å². The van der Waals surface area contributed by atoms with Crippen LogP contribution in [0.1, 0.15) is 32.0 Å². The molecule has 0 unspecified atom stereocenters. The van der Waals surface area contributed by atoms with Gasteiger partial charge in [-0.1, -0.05) is 6.07 Å². The lowest BCUT2D eigenvalue weighted by Crippen LogP contribution is -2.45. The molecular formula is C15H23N3O4. The van der Waals surface area contributed by atoms with Gasteiger partial charge in [-0.3, -0.25) is 4.98 Å². The standard InChI is InChI=1S/C15H23N3O4/c1-15(2,3)22-14(20)18-12(13(19)21-4)7-11-6-5-10(8-16)9-17-11/h5-6,9,12H,7-8,16H2,1-4H3,(H,18,20)/t12-/m0/s1. The van der Waals surface area contributed by atoms with E-state index in [2.05, 4.69) is 10.3 Å². The second kappa shape index (κ2) is 7.74. The number of esters is 1. The quantitative estimate of drug-likeness (QED) is 0.791. The zero-order chi connectivity index (χ0) is 16.8. The topological polar surface area (TPSA) is 104 Å². The van der Waals surface area contributed by atoms with Crippen LogP contribution in [-0.4, -0.2) is 35.8 Å². The van der Waals surface area contributed by atoms with Crippen LogP contribution in [-0.2, 0) is 27.2 Å². The average Bonchev–Trinajstić information content (AvgIpc) is 2.44. The number of carbonyl (C=O) groups is 2. The Bertz CT molecular complexity index is 509. The van der Waals surface area contributed by atoms with Crippen LogP contribution >= 0.6 is 0 Å². The van der Waals surface area contributed by atoms with E-state index in [1.54, 1.807) is 33.0 Å². The predicted octanol–water partition coefficient (Wildman–Crippen LogP) is 1.15. The van der Waals surface area contributed by atoms with Gasteiger partial charge in [-0.25, -0.2) is 9.59 Å². The Morgan fingerprint density at radius 3 is 2.50 bits per heavy atom. The molecule has 0 bridgehead atoms. The van der Waals surface area contributed by atoms with Crippen LogP contribution in [0.5, 0.6) is 0 Å². The lowest BCUT2D eigenvalue weighted by atomic mass is 10.1. The number of hydrogen-bond acceptors (Lipinski definition) is 6. The van der Waals surface area contributed by atoms with Crippen LogP contribution < -0.4 is 11.1 Å². The molecule has 0 fully saturated rings. The van der Waals surface area contributed by atoms with Gasteiger partial charge in [0.1, 0.15) is 11.6 Å². The third-order valence-corrected chi connectivity index (χ3v) is 2.71. The lowest BCUT2D eigenvalue weighted by molar-refractivity contribution is -0.143. The molecule has 1 aromatic heterocycles. The summed E-state index contributed by atoms with van der Waals surface area (Å²) >= 11 is 0. The molecule has 1 rings (SSSR count). The molecule has 3 N–H and O–H groups in total. The van der Waals surface area contributed by atoms with Gasteiger partial charge in [-0.15, -0.1) is 0 Å². The number of ether oxygens (including phenoxy) is 2. The zero-order valence-corrected chi connectivity index (χ0v) is 13.4. The third-order valence-electron chi connectivity index (χ3n) is 2.71. The first-order valence-corrected chi connectivity index (χ1v) is 6.96. The van der Waals surface area contributed by atoms with Gasteiger partial charge in [0.25, 0.3) is 0 Å². The minimum atomic E-state index is -0.865. The van der Waals surface area contributed by atoms with E-state index in [1.807, 2.05) is 6.07 Å². The molecule has 0 aliphatic heterocycles. The number of carbonyl (C=O) groups excluding carboxylic acids is 2. The first-order chi connectivity index (χ1) is 10.2. The summed E-state index contributed by atoms with van der Waals surface area (Å²) in [6.45, 7) is 5.62. The van der Waals surface area contributed by atoms with Crippen molar-refractivity contribution in [2.45, 2.75) is 45.4 Å². The van der Waals surface area contributed by atoms with E-state index in [9.17, 15) is 9.59 Å². The maximum atomic E-state index is 11.8. The normalized spacial score (nSPS) is 12.4. The number of nitrogens with one attached hydrogen (secondary N) is 1. The Hall–Kier alpha value is -2.15. The van der Waals surface area contributed by atoms with Gasteiger partial charge in [0.2, 0.25) is 0 Å². The molecule has 7 nitrogen and oxygen atoms in total. The lowest BCUT2D eigenvalue weighted by Gasteiger charge is -2.22. The molecular weight excluding hydrogens is 286 g/mol. The van der Waals surface area contributed by atoms with Crippen LogP contribution in [0.15, 0.2) is 18.3 Å². The van der Waals surface area contributed by atoms with Gasteiger partial charge in [0.05, 0.1) is 7.11 Å². The van der Waals surface area contributed by atoms with Gasteiger partial charge >= 0.3 is 12.1 Å². The molecule has 0 spiro atoms. The minimum Gasteiger partial charge on any atom is -0.467 e. The third kappa shape index (κ3) is 6.09. The predicted molar refractivity (Wildman–Crippen MR) is 81.0 cm³/mol. The summed E-state index contributed by atoms with van der Waals surface area (Å²) in [6.07, 6.45) is 1.16. The maximum absolute atomic E-state index is 11.8. The summed E-state index contributed by atoms with van der Waals surface area (Å²) in [5.74, 6) is -0.560. The van der Waals surface area contributed by atoms with E-state index in [1.165, 1.54) is 7.11 Å². The Morgan fingerprint density at radius 2 is 2.05 bits per heavy atom. The van der Waals surface area contributed by atoms with Crippen molar-refractivity contribution in [2.75, 3.05) is 7.11 Å². The Balaban J connectivity index is 2.75. The summed E-state index contributed by atoms with van der Waals surface area (Å²) < 4.78 is 9.85. The summed E-state index contributed by atoms with van der Waals surface area (Å²) in [7, 11) is 1.26. The highest BCUT2D eigenvalue weighted by Crippen LogP contribution is 2.09. The molecule has 1 aromatic rings. The highest BCUT2D eigenvalue weighted by atomic mass is 16.6. The highest BCUT2D eigenvalue weighted by Gasteiger charge is 2.25. The Kier molecular flexibility index (Phi) is 6.30. The number of amides is 1. The number of aromatic nitrogens is 1. The van der Waals surface area contributed by atoms with Crippen LogP contribution in [0.3, 0.4) is 0 Å².